The van der Waals surface area contributed by atoms with Crippen molar-refractivity contribution in [3.63, 3.8) is 0 Å². The summed E-state index contributed by atoms with van der Waals surface area (Å²) in [6, 6.07) is -0.568. The number of amides is 1. The van der Waals surface area contributed by atoms with E-state index in [1.807, 2.05) is 0 Å². The number of methoxy groups -OCH3 is 1. The van der Waals surface area contributed by atoms with Gasteiger partial charge in [-0.3, -0.25) is 4.79 Å². The normalized spacial score (nSPS) is 21.3. The molecule has 0 saturated carbocycles. The van der Waals surface area contributed by atoms with Crippen LogP contribution in [0.15, 0.2) is 12.7 Å². The van der Waals surface area contributed by atoms with Gasteiger partial charge in [0.25, 0.3) is 0 Å². The summed E-state index contributed by atoms with van der Waals surface area (Å²) in [6.45, 7) is 52.4. The topological polar surface area (TPSA) is 103 Å². The largest absolute Gasteiger partial charge is 0.414 e. The fourth-order valence-electron chi connectivity index (χ4n) is 7.45. The van der Waals surface area contributed by atoms with E-state index in [9.17, 15) is 4.79 Å². The SMILES string of the molecule is C=C[C@H](OCOC)[C@H](CO[C@@H]1O[C@H](CO[Si](C)(C)C(C)(C)C)[C@@H](O[Si](C)(C)C(C)(C)C)[C@H](O[Si](C)(C)C(C)(C)C)[C@H]1O[Si](C)(C)C(C)(C)C)NC(=O)CCCCCCCCCCCCCCCCC. The Bertz CT molecular complexity index is 1430. The van der Waals surface area contributed by atoms with Gasteiger partial charge in [-0.15, -0.1) is 6.58 Å². The summed E-state index contributed by atoms with van der Waals surface area (Å²) in [5.41, 5.74) is 0. The summed E-state index contributed by atoms with van der Waals surface area (Å²) >= 11 is 0. The first-order chi connectivity index (χ1) is 31.6. The van der Waals surface area contributed by atoms with E-state index in [1.54, 1.807) is 13.2 Å². The van der Waals surface area contributed by atoms with Gasteiger partial charge in [-0.05, 0) is 78.9 Å². The van der Waals surface area contributed by atoms with Crippen LogP contribution < -0.4 is 5.32 Å². The van der Waals surface area contributed by atoms with E-state index in [0.717, 1.165) is 19.3 Å². The molecule has 7 atom stereocenters. The molecule has 0 aromatic rings. The molecule has 1 rings (SSSR count). The van der Waals surface area contributed by atoms with E-state index in [1.165, 1.54) is 77.0 Å². The summed E-state index contributed by atoms with van der Waals surface area (Å²) in [7, 11) is -8.08. The van der Waals surface area contributed by atoms with Gasteiger partial charge >= 0.3 is 0 Å². The van der Waals surface area contributed by atoms with E-state index < -0.39 is 76.1 Å². The van der Waals surface area contributed by atoms with Crippen LogP contribution in [0, 0.1) is 0 Å². The minimum atomic E-state index is -2.51. The highest BCUT2D eigenvalue weighted by Crippen LogP contribution is 2.47. The Morgan fingerprint density at radius 3 is 1.38 bits per heavy atom. The Kier molecular flexibility index (Phi) is 28.8. The van der Waals surface area contributed by atoms with Crippen molar-refractivity contribution in [2.24, 2.45) is 0 Å². The summed E-state index contributed by atoms with van der Waals surface area (Å²) < 4.78 is 55.6. The van der Waals surface area contributed by atoms with Crippen LogP contribution in [0.5, 0.6) is 0 Å². The highest BCUT2D eigenvalue weighted by Gasteiger charge is 2.57. The van der Waals surface area contributed by atoms with Crippen LogP contribution in [0.3, 0.4) is 0 Å². The Morgan fingerprint density at radius 1 is 0.594 bits per heavy atom. The molecular formula is C55H115NO9Si4. The molecule has 1 heterocycles. The van der Waals surface area contributed by atoms with Crippen molar-refractivity contribution < 1.29 is 41.4 Å². The van der Waals surface area contributed by atoms with Crippen LogP contribution in [-0.2, 0) is 41.4 Å². The second-order valence-electron chi connectivity index (χ2n) is 26.6. The second kappa shape index (κ2) is 29.7. The molecule has 1 fully saturated rings. The number of hydrogen-bond acceptors (Lipinski definition) is 9. The van der Waals surface area contributed by atoms with Gasteiger partial charge in [-0.2, -0.15) is 0 Å². The van der Waals surface area contributed by atoms with Crippen molar-refractivity contribution in [1.29, 1.82) is 0 Å². The maximum absolute atomic E-state index is 13.8. The Morgan fingerprint density at radius 2 is 0.986 bits per heavy atom. The Balaban J connectivity index is 3.57. The average Bonchev–Trinajstić information content (AvgIpc) is 3.20. The standard InChI is InChI=1S/C55H115NO9Si4/c1-24-26-27-28-29-30-31-32-33-34-35-36-37-38-39-40-47(57)56-44(45(25-2)60-43-58-15)41-59-51-50(65-69(22,23)55(12,13)14)49(64-68(20,21)54(9,10)11)48(63-67(18,19)53(6,7)8)46(62-51)42-61-66(16,17)52(3,4)5/h25,44-46,48-51H,2,24,26-43H2,1,3-23H3,(H,56,57)/t44-,45-,46+,48+,49-,50+,51+/m0/s1. The van der Waals surface area contributed by atoms with Crippen LogP contribution in [0.4, 0.5) is 0 Å². The first-order valence-electron chi connectivity index (χ1n) is 27.6. The zero-order valence-electron chi connectivity index (χ0n) is 49.4. The van der Waals surface area contributed by atoms with Crippen LogP contribution in [0.25, 0.3) is 0 Å². The molecule has 0 bridgehead atoms. The number of ether oxygens (including phenoxy) is 4. The Hall–Kier alpha value is -0.242. The lowest BCUT2D eigenvalue weighted by Crippen LogP contribution is -2.69. The van der Waals surface area contributed by atoms with Crippen molar-refractivity contribution in [3.8, 4) is 0 Å². The minimum Gasteiger partial charge on any atom is -0.414 e. The zero-order valence-corrected chi connectivity index (χ0v) is 53.4. The van der Waals surface area contributed by atoms with Gasteiger partial charge in [-0.25, -0.2) is 0 Å². The van der Waals surface area contributed by atoms with Crippen LogP contribution in [0.1, 0.15) is 193 Å². The predicted octanol–water partition coefficient (Wildman–Crippen LogP) is 15.8. The van der Waals surface area contributed by atoms with E-state index in [2.05, 4.69) is 154 Å². The monoisotopic (exact) mass is 1050 g/mol. The number of hydrogen-bond donors (Lipinski definition) is 1. The highest BCUT2D eigenvalue weighted by molar-refractivity contribution is 6.75. The van der Waals surface area contributed by atoms with Crippen molar-refractivity contribution in [1.82, 2.24) is 5.32 Å². The molecule has 1 amide bonds. The first kappa shape index (κ1) is 66.8. The third-order valence-electron chi connectivity index (χ3n) is 16.5. The number of carbonyl (C=O) groups excluding carboxylic acids is 1. The molecule has 1 aliphatic rings. The summed E-state index contributed by atoms with van der Waals surface area (Å²) in [4.78, 5) is 13.8. The lowest BCUT2D eigenvalue weighted by molar-refractivity contribution is -0.293. The maximum atomic E-state index is 13.8. The maximum Gasteiger partial charge on any atom is 0.220 e. The molecule has 0 aromatic heterocycles. The number of carbonyl (C=O) groups is 1. The second-order valence-corrected chi connectivity index (χ2v) is 45.7. The van der Waals surface area contributed by atoms with Crippen molar-refractivity contribution in [2.75, 3.05) is 27.1 Å². The van der Waals surface area contributed by atoms with Gasteiger partial charge in [0.05, 0.1) is 19.3 Å². The molecule has 0 spiro atoms. The molecule has 1 saturated heterocycles. The number of nitrogens with one attached hydrogen (secondary N) is 1. The molecule has 69 heavy (non-hydrogen) atoms. The number of rotatable bonds is 34. The van der Waals surface area contributed by atoms with Crippen LogP contribution in [0.2, 0.25) is 72.5 Å². The molecule has 0 unspecified atom stereocenters. The molecule has 1 aliphatic heterocycles. The molecule has 0 aliphatic carbocycles. The fraction of sp³-hybridized carbons (Fsp3) is 0.945. The molecular weight excluding hydrogens is 931 g/mol. The minimum absolute atomic E-state index is 0.0158. The quantitative estimate of drug-likeness (QED) is 0.0292. The fourth-order valence-corrected chi connectivity index (χ4v) is 12.4. The lowest BCUT2D eigenvalue weighted by Gasteiger charge is -2.55. The van der Waals surface area contributed by atoms with Gasteiger partial charge < -0.3 is 42.0 Å². The van der Waals surface area contributed by atoms with Gasteiger partial charge in [0.15, 0.2) is 39.6 Å². The molecule has 1 N–H and O–H groups in total. The molecule has 0 radical (unpaired) electrons. The highest BCUT2D eigenvalue weighted by atomic mass is 28.4. The number of unbranched alkanes of at least 4 members (excludes halogenated alkanes) is 14. The molecule has 10 nitrogen and oxygen atoms in total. The van der Waals surface area contributed by atoms with Gasteiger partial charge in [0, 0.05) is 13.5 Å². The summed E-state index contributed by atoms with van der Waals surface area (Å²) in [5.74, 6) is -0.0348. The van der Waals surface area contributed by atoms with Gasteiger partial charge in [0.2, 0.25) is 5.91 Å². The van der Waals surface area contributed by atoms with Crippen molar-refractivity contribution >= 4 is 39.2 Å². The Labute approximate surface area is 431 Å². The average molecular weight is 1050 g/mol. The molecule has 410 valence electrons. The van der Waals surface area contributed by atoms with E-state index >= 15 is 0 Å². The van der Waals surface area contributed by atoms with E-state index in [-0.39, 0.29) is 39.5 Å². The third kappa shape index (κ3) is 23.0. The molecule has 0 aromatic carbocycles. The van der Waals surface area contributed by atoms with Crippen LogP contribution in [-0.4, -0.2) is 109 Å². The van der Waals surface area contributed by atoms with Crippen molar-refractivity contribution in [2.45, 2.75) is 308 Å². The van der Waals surface area contributed by atoms with E-state index in [4.69, 9.17) is 36.7 Å². The van der Waals surface area contributed by atoms with Crippen molar-refractivity contribution in [3.05, 3.63) is 12.7 Å². The zero-order chi connectivity index (χ0) is 53.1. The summed E-state index contributed by atoms with van der Waals surface area (Å²) in [5, 5.41) is 2.97. The smallest absolute Gasteiger partial charge is 0.220 e. The predicted molar refractivity (Wildman–Crippen MR) is 302 cm³/mol. The van der Waals surface area contributed by atoms with E-state index in [0.29, 0.717) is 13.0 Å². The molecule has 14 heteroatoms. The first-order valence-corrected chi connectivity index (χ1v) is 39.2. The summed E-state index contributed by atoms with van der Waals surface area (Å²) in [6.07, 6.45) is 17.7. The van der Waals surface area contributed by atoms with Gasteiger partial charge in [0.1, 0.15) is 37.3 Å². The van der Waals surface area contributed by atoms with Gasteiger partial charge in [-0.1, -0.05) is 186 Å². The lowest BCUT2D eigenvalue weighted by atomic mass is 9.99. The third-order valence-corrected chi connectivity index (χ3v) is 34.4. The van der Waals surface area contributed by atoms with Crippen LogP contribution >= 0.6 is 0 Å².